The van der Waals surface area contributed by atoms with Crippen LogP contribution in [0.2, 0.25) is 0 Å². The van der Waals surface area contributed by atoms with Crippen molar-refractivity contribution in [3.8, 4) is 0 Å². The van der Waals surface area contributed by atoms with Crippen LogP contribution in [0.5, 0.6) is 0 Å². The van der Waals surface area contributed by atoms with Crippen LogP contribution >= 0.6 is 0 Å². The second-order valence-corrected chi connectivity index (χ2v) is 1.01. The van der Waals surface area contributed by atoms with Crippen LogP contribution in [-0.2, 0) is 31.0 Å². The molecule has 0 saturated carbocycles. The number of hydrogen-bond donors (Lipinski definition) is 3. The summed E-state index contributed by atoms with van der Waals surface area (Å²) in [5.74, 6) is -1.19. The minimum Gasteiger partial charge on any atom is 0 e. The van der Waals surface area contributed by atoms with E-state index in [0.29, 0.717) is 0 Å². The molecule has 0 aliphatic rings. The molecule has 0 aromatic heterocycles. The van der Waals surface area contributed by atoms with E-state index in [1.807, 2.05) is 0 Å². The molecule has 1 unspecified atom stereocenters. The van der Waals surface area contributed by atoms with Crippen LogP contribution in [0.25, 0.3) is 0 Å². The van der Waals surface area contributed by atoms with Crippen molar-refractivity contribution in [1.82, 2.24) is 6.15 Å². The van der Waals surface area contributed by atoms with E-state index in [1.54, 1.807) is 0 Å². The van der Waals surface area contributed by atoms with Gasteiger partial charge in [-0.25, -0.2) is 4.79 Å². The van der Waals surface area contributed by atoms with Crippen LogP contribution in [-0.4, -0.2) is 60.0 Å². The summed E-state index contributed by atoms with van der Waals surface area (Å²) >= 11 is 0. The Balaban J connectivity index is -0.0000000417. The van der Waals surface area contributed by atoms with Gasteiger partial charge in [0.05, 0.1) is 0 Å². The summed E-state index contributed by atoms with van der Waals surface area (Å²) in [6, 6.07) is 0. The van der Waals surface area contributed by atoms with Gasteiger partial charge in [-0.2, -0.15) is 0 Å². The topological polar surface area (TPSA) is 92.5 Å². The van der Waals surface area contributed by atoms with Gasteiger partial charge in [0.15, 0.2) is 0 Å². The second-order valence-electron chi connectivity index (χ2n) is 1.01. The molecule has 0 amide bonds. The van der Waals surface area contributed by atoms with Crippen molar-refractivity contribution in [2.45, 2.75) is 13.0 Å². The summed E-state index contributed by atoms with van der Waals surface area (Å²) in [5, 5.41) is 15.8. The SMILES string of the molecule is CC(O)C(=O)O.N.[CaH2].[Zr]. The van der Waals surface area contributed by atoms with Crippen LogP contribution < -0.4 is 6.15 Å². The molecule has 0 aliphatic heterocycles. The summed E-state index contributed by atoms with van der Waals surface area (Å²) in [6.45, 7) is 1.20. The molecule has 0 saturated heterocycles. The van der Waals surface area contributed by atoms with Gasteiger partial charge in [-0.15, -0.1) is 0 Å². The Morgan fingerprint density at radius 1 is 1.56 bits per heavy atom. The fraction of sp³-hybridized carbons (Fsp3) is 0.667. The van der Waals surface area contributed by atoms with Crippen LogP contribution in [0.15, 0.2) is 0 Å². The van der Waals surface area contributed by atoms with Crippen LogP contribution in [0.1, 0.15) is 6.92 Å². The molecule has 0 aromatic carbocycles. The summed E-state index contributed by atoms with van der Waals surface area (Å²) in [7, 11) is 0. The largest absolute Gasteiger partial charge is 0 e. The Bertz CT molecular complexity index is 70.1. The number of aliphatic hydroxyl groups excluding tert-OH is 1. The van der Waals surface area contributed by atoms with Crippen molar-refractivity contribution in [2.75, 3.05) is 0 Å². The molecule has 6 heteroatoms. The number of carbonyl (C=O) groups is 1. The van der Waals surface area contributed by atoms with Crippen molar-refractivity contribution in [1.29, 1.82) is 0 Å². The van der Waals surface area contributed by atoms with Crippen molar-refractivity contribution >= 4 is 43.7 Å². The monoisotopic (exact) mass is 239 g/mol. The van der Waals surface area contributed by atoms with E-state index in [-0.39, 0.29) is 70.1 Å². The first-order valence-electron chi connectivity index (χ1n) is 1.55. The normalized spacial score (nSPS) is 9.11. The molecule has 0 aliphatic carbocycles. The van der Waals surface area contributed by atoms with Crippen LogP contribution in [0.4, 0.5) is 0 Å². The maximum absolute atomic E-state index is 9.45. The van der Waals surface area contributed by atoms with Crippen molar-refractivity contribution in [2.24, 2.45) is 0 Å². The fourth-order valence-electron chi connectivity index (χ4n) is 0. The van der Waals surface area contributed by atoms with Gasteiger partial charge in [0, 0.05) is 26.2 Å². The zero-order valence-corrected chi connectivity index (χ0v) is 7.05. The number of aliphatic carboxylic acids is 1. The van der Waals surface area contributed by atoms with E-state index in [2.05, 4.69) is 0 Å². The van der Waals surface area contributed by atoms with Crippen LogP contribution in [0, 0.1) is 0 Å². The number of aliphatic hydroxyl groups is 1. The molecule has 1 atom stereocenters. The van der Waals surface area contributed by atoms with E-state index in [9.17, 15) is 4.79 Å². The van der Waals surface area contributed by atoms with E-state index >= 15 is 0 Å². The molecule has 0 spiro atoms. The number of carboxylic acids is 1. The Morgan fingerprint density at radius 2 is 1.67 bits per heavy atom. The Morgan fingerprint density at radius 3 is 1.67 bits per heavy atom. The maximum Gasteiger partial charge on any atom is 0 e. The minimum absolute atomic E-state index is 0. The van der Waals surface area contributed by atoms with Gasteiger partial charge in [-0.3, -0.25) is 0 Å². The number of carboxylic acid groups (broad SMARTS) is 1. The molecule has 0 fully saturated rings. The van der Waals surface area contributed by atoms with Gasteiger partial charge in [0.1, 0.15) is 6.10 Å². The Kier molecular flexibility index (Phi) is 30.5. The van der Waals surface area contributed by atoms with Gasteiger partial charge in [-0.1, -0.05) is 0 Å². The molecular weight excluding hydrogens is 229 g/mol. The van der Waals surface area contributed by atoms with E-state index in [1.165, 1.54) is 6.92 Å². The van der Waals surface area contributed by atoms with Gasteiger partial charge in [-0.05, 0) is 6.92 Å². The minimum atomic E-state index is -1.23. The molecule has 9 heavy (non-hydrogen) atoms. The fourth-order valence-corrected chi connectivity index (χ4v) is 0. The van der Waals surface area contributed by atoms with E-state index < -0.39 is 12.1 Å². The zero-order valence-electron chi connectivity index (χ0n) is 4.59. The molecular formula is C3H11CaNO3Zr. The zero-order chi connectivity index (χ0) is 5.15. The summed E-state index contributed by atoms with van der Waals surface area (Å²) in [6.07, 6.45) is -1.23. The molecule has 0 radical (unpaired) electrons. The second kappa shape index (κ2) is 12.2. The average molecular weight is 240 g/mol. The predicted octanol–water partition coefficient (Wildman–Crippen LogP) is -1.30. The molecule has 0 rings (SSSR count). The van der Waals surface area contributed by atoms with Crippen molar-refractivity contribution < 1.29 is 41.2 Å². The van der Waals surface area contributed by atoms with Gasteiger partial charge < -0.3 is 16.4 Å². The van der Waals surface area contributed by atoms with E-state index in [0.717, 1.165) is 0 Å². The van der Waals surface area contributed by atoms with Crippen molar-refractivity contribution in [3.05, 3.63) is 0 Å². The third kappa shape index (κ3) is 17.7. The van der Waals surface area contributed by atoms with Gasteiger partial charge >= 0.3 is 43.7 Å². The van der Waals surface area contributed by atoms with Crippen LogP contribution in [0.3, 0.4) is 0 Å². The molecule has 5 N–H and O–H groups in total. The first-order chi connectivity index (χ1) is 2.64. The standard InChI is InChI=1S/C3H6O3.Ca.H3N.Zr.2H/c1-2(4)3(5)6;;;;;/h2,4H,1H3,(H,5,6);;1H3;;;. The van der Waals surface area contributed by atoms with E-state index in [4.69, 9.17) is 10.2 Å². The van der Waals surface area contributed by atoms with Crippen molar-refractivity contribution in [3.63, 3.8) is 0 Å². The first-order valence-corrected chi connectivity index (χ1v) is 1.55. The molecule has 0 aromatic rings. The quantitative estimate of drug-likeness (QED) is 0.497. The summed E-state index contributed by atoms with van der Waals surface area (Å²) in [5.41, 5.74) is 0. The summed E-state index contributed by atoms with van der Waals surface area (Å²) < 4.78 is 0. The average Bonchev–Trinajstić information content (AvgIpc) is 1.36. The first kappa shape index (κ1) is 22.4. The molecule has 0 heterocycles. The molecule has 0 bridgehead atoms. The maximum atomic E-state index is 9.45. The number of rotatable bonds is 1. The number of hydrogen-bond acceptors (Lipinski definition) is 3. The third-order valence-corrected chi connectivity index (χ3v) is 0.357. The summed E-state index contributed by atoms with van der Waals surface area (Å²) in [4.78, 5) is 9.45. The Labute approximate surface area is 103 Å². The predicted molar refractivity (Wildman–Crippen MR) is 32.9 cm³/mol. The van der Waals surface area contributed by atoms with Gasteiger partial charge in [0.2, 0.25) is 0 Å². The smallest absolute Gasteiger partial charge is 0 e. The Hall–Kier alpha value is 1.53. The molecule has 52 valence electrons. The third-order valence-electron chi connectivity index (χ3n) is 0.357. The molecule has 4 nitrogen and oxygen atoms in total. The van der Waals surface area contributed by atoms with Gasteiger partial charge in [0.25, 0.3) is 0 Å².